The molecule has 0 aliphatic heterocycles. The highest BCUT2D eigenvalue weighted by molar-refractivity contribution is 5.90. The summed E-state index contributed by atoms with van der Waals surface area (Å²) in [5, 5.41) is 4.45. The van der Waals surface area contributed by atoms with Gasteiger partial charge in [0, 0.05) is 5.56 Å². The Labute approximate surface area is 164 Å². The number of hydrogen-bond acceptors (Lipinski definition) is 8. The second-order valence-electron chi connectivity index (χ2n) is 5.90. The van der Waals surface area contributed by atoms with E-state index in [-0.39, 0.29) is 36.6 Å². The van der Waals surface area contributed by atoms with Crippen LogP contribution in [0.5, 0.6) is 5.88 Å². The van der Waals surface area contributed by atoms with Crippen molar-refractivity contribution in [1.82, 2.24) is 20.1 Å². The Hall–Kier alpha value is -3.88. The topological polar surface area (TPSA) is 100 Å². The average molecular weight is 394 g/mol. The molecule has 8 nitrogen and oxygen atoms in total. The van der Waals surface area contributed by atoms with Gasteiger partial charge < -0.3 is 14.0 Å². The fraction of sp³-hybridized carbons (Fsp3) is 0.150. The summed E-state index contributed by atoms with van der Waals surface area (Å²) >= 11 is 0. The summed E-state index contributed by atoms with van der Waals surface area (Å²) < 4.78 is 29.2. The quantitative estimate of drug-likeness (QED) is 0.458. The van der Waals surface area contributed by atoms with Gasteiger partial charge in [-0.3, -0.25) is 0 Å². The predicted molar refractivity (Wildman–Crippen MR) is 99.5 cm³/mol. The van der Waals surface area contributed by atoms with Gasteiger partial charge in [-0.05, 0) is 31.2 Å². The average Bonchev–Trinajstić information content (AvgIpc) is 3.21. The van der Waals surface area contributed by atoms with E-state index in [1.807, 2.05) is 0 Å². The summed E-state index contributed by atoms with van der Waals surface area (Å²) in [4.78, 5) is 24.6. The Morgan fingerprint density at radius 1 is 1.10 bits per heavy atom. The van der Waals surface area contributed by atoms with Crippen molar-refractivity contribution in [1.29, 1.82) is 0 Å². The lowest BCUT2D eigenvalue weighted by Crippen LogP contribution is -2.11. The molecule has 0 saturated heterocycles. The SMILES string of the molecule is CCOC(=O)c1nc(OCc2nc(-c3cccc(F)c3)no2)c2ccccc2n1. The molecule has 0 aliphatic carbocycles. The molecule has 0 aliphatic rings. The Balaban J connectivity index is 1.59. The highest BCUT2D eigenvalue weighted by atomic mass is 19.1. The largest absolute Gasteiger partial charge is 0.467 e. The molecule has 0 bridgehead atoms. The molecule has 146 valence electrons. The number of carbonyl (C=O) groups excluding carboxylic acids is 1. The number of nitrogens with zero attached hydrogens (tertiary/aromatic N) is 4. The molecule has 2 heterocycles. The number of benzene rings is 2. The standard InChI is InChI=1S/C20H15FN4O4/c1-2-27-20(26)18-22-15-9-4-3-8-14(15)19(24-18)28-11-16-23-17(25-29-16)12-6-5-7-13(21)10-12/h3-10H,2,11H2,1H3. The first-order valence-electron chi connectivity index (χ1n) is 8.79. The Morgan fingerprint density at radius 2 is 1.97 bits per heavy atom. The smallest absolute Gasteiger partial charge is 0.376 e. The lowest BCUT2D eigenvalue weighted by atomic mass is 10.2. The van der Waals surface area contributed by atoms with Crippen molar-refractivity contribution in [3.05, 3.63) is 66.1 Å². The van der Waals surface area contributed by atoms with Gasteiger partial charge in [0.2, 0.25) is 17.5 Å². The number of rotatable bonds is 6. The highest BCUT2D eigenvalue weighted by Crippen LogP contribution is 2.24. The van der Waals surface area contributed by atoms with Crippen LogP contribution in [0.25, 0.3) is 22.3 Å². The van der Waals surface area contributed by atoms with Gasteiger partial charge in [-0.1, -0.05) is 29.4 Å². The van der Waals surface area contributed by atoms with Crippen LogP contribution in [0.3, 0.4) is 0 Å². The van der Waals surface area contributed by atoms with Crippen LogP contribution < -0.4 is 4.74 Å². The third kappa shape index (κ3) is 4.03. The van der Waals surface area contributed by atoms with Crippen molar-refractivity contribution in [3.63, 3.8) is 0 Å². The summed E-state index contributed by atoms with van der Waals surface area (Å²) in [5.74, 6) is -0.554. The highest BCUT2D eigenvalue weighted by Gasteiger charge is 2.17. The molecule has 4 aromatic rings. The molecular weight excluding hydrogens is 379 g/mol. The lowest BCUT2D eigenvalue weighted by Gasteiger charge is -2.08. The van der Waals surface area contributed by atoms with E-state index in [9.17, 15) is 9.18 Å². The zero-order chi connectivity index (χ0) is 20.2. The molecule has 2 aromatic heterocycles. The van der Waals surface area contributed by atoms with Gasteiger partial charge in [-0.25, -0.2) is 14.2 Å². The monoisotopic (exact) mass is 394 g/mol. The van der Waals surface area contributed by atoms with Crippen molar-refractivity contribution in [2.45, 2.75) is 13.5 Å². The van der Waals surface area contributed by atoms with E-state index in [1.165, 1.54) is 12.1 Å². The summed E-state index contributed by atoms with van der Waals surface area (Å²) in [6, 6.07) is 13.0. The Kier molecular flexibility index (Phi) is 5.10. The molecule has 0 N–H and O–H groups in total. The van der Waals surface area contributed by atoms with Crippen LogP contribution in [0, 0.1) is 5.82 Å². The number of fused-ring (bicyclic) bond motifs is 1. The zero-order valence-electron chi connectivity index (χ0n) is 15.3. The van der Waals surface area contributed by atoms with E-state index in [1.54, 1.807) is 43.3 Å². The van der Waals surface area contributed by atoms with Crippen molar-refractivity contribution in [3.8, 4) is 17.3 Å². The van der Waals surface area contributed by atoms with Crippen molar-refractivity contribution < 1.29 is 23.2 Å². The van der Waals surface area contributed by atoms with Crippen molar-refractivity contribution >= 4 is 16.9 Å². The molecule has 0 unspecified atom stereocenters. The van der Waals surface area contributed by atoms with Gasteiger partial charge in [0.25, 0.3) is 5.89 Å². The molecular formula is C20H15FN4O4. The minimum Gasteiger partial charge on any atom is -0.467 e. The van der Waals surface area contributed by atoms with Gasteiger partial charge in [0.15, 0.2) is 6.61 Å². The molecule has 4 rings (SSSR count). The molecule has 9 heteroatoms. The molecule has 0 spiro atoms. The summed E-state index contributed by atoms with van der Waals surface area (Å²) in [7, 11) is 0. The number of aromatic nitrogens is 4. The van der Waals surface area contributed by atoms with Crippen LogP contribution >= 0.6 is 0 Å². The van der Waals surface area contributed by atoms with Crippen LogP contribution in [0.2, 0.25) is 0 Å². The normalized spacial score (nSPS) is 10.8. The second-order valence-corrected chi connectivity index (χ2v) is 5.90. The predicted octanol–water partition coefficient (Wildman–Crippen LogP) is 3.57. The van der Waals surface area contributed by atoms with Crippen LogP contribution in [0.1, 0.15) is 23.4 Å². The molecule has 0 radical (unpaired) electrons. The van der Waals surface area contributed by atoms with Gasteiger partial charge in [0.1, 0.15) is 5.82 Å². The van der Waals surface area contributed by atoms with E-state index in [4.69, 9.17) is 14.0 Å². The lowest BCUT2D eigenvalue weighted by molar-refractivity contribution is 0.0511. The third-order valence-corrected chi connectivity index (χ3v) is 3.91. The van der Waals surface area contributed by atoms with Crippen LogP contribution in [-0.2, 0) is 11.3 Å². The molecule has 0 saturated carbocycles. The Bertz CT molecular complexity index is 1180. The number of carbonyl (C=O) groups is 1. The van der Waals surface area contributed by atoms with E-state index in [0.717, 1.165) is 0 Å². The van der Waals surface area contributed by atoms with Crippen molar-refractivity contribution in [2.24, 2.45) is 0 Å². The fourth-order valence-electron chi connectivity index (χ4n) is 2.63. The molecule has 0 amide bonds. The summed E-state index contributed by atoms with van der Waals surface area (Å²) in [5.41, 5.74) is 1.02. The van der Waals surface area contributed by atoms with Crippen LogP contribution in [-0.4, -0.2) is 32.7 Å². The molecule has 0 fully saturated rings. The van der Waals surface area contributed by atoms with Gasteiger partial charge in [-0.15, -0.1) is 0 Å². The van der Waals surface area contributed by atoms with Gasteiger partial charge in [-0.2, -0.15) is 9.97 Å². The van der Waals surface area contributed by atoms with E-state index in [2.05, 4.69) is 20.1 Å². The minimum absolute atomic E-state index is 0.0917. The summed E-state index contributed by atoms with van der Waals surface area (Å²) in [6.45, 7) is 1.81. The Morgan fingerprint density at radius 3 is 2.79 bits per heavy atom. The number of ether oxygens (including phenoxy) is 2. The third-order valence-electron chi connectivity index (χ3n) is 3.91. The molecule has 0 atom stereocenters. The first-order chi connectivity index (χ1) is 14.1. The number of halogens is 1. The van der Waals surface area contributed by atoms with Crippen LogP contribution in [0.4, 0.5) is 4.39 Å². The summed E-state index contributed by atoms with van der Waals surface area (Å²) in [6.07, 6.45) is 0. The number of hydrogen-bond donors (Lipinski definition) is 0. The maximum absolute atomic E-state index is 13.4. The number of para-hydroxylation sites is 1. The molecule has 29 heavy (non-hydrogen) atoms. The van der Waals surface area contributed by atoms with Gasteiger partial charge >= 0.3 is 5.97 Å². The first kappa shape index (κ1) is 18.5. The second kappa shape index (κ2) is 8.01. The molecule has 2 aromatic carbocycles. The maximum atomic E-state index is 13.4. The van der Waals surface area contributed by atoms with E-state index >= 15 is 0 Å². The fourth-order valence-corrected chi connectivity index (χ4v) is 2.63. The van der Waals surface area contributed by atoms with Crippen molar-refractivity contribution in [2.75, 3.05) is 6.61 Å². The minimum atomic E-state index is -0.644. The first-order valence-corrected chi connectivity index (χ1v) is 8.79. The van der Waals surface area contributed by atoms with Gasteiger partial charge in [0.05, 0.1) is 17.5 Å². The number of esters is 1. The zero-order valence-corrected chi connectivity index (χ0v) is 15.3. The van der Waals surface area contributed by atoms with E-state index in [0.29, 0.717) is 16.5 Å². The van der Waals surface area contributed by atoms with Crippen LogP contribution in [0.15, 0.2) is 53.1 Å². The van der Waals surface area contributed by atoms with E-state index < -0.39 is 11.8 Å². The maximum Gasteiger partial charge on any atom is 0.376 e.